The average Bonchev–Trinajstić information content (AvgIpc) is 2.56. The van der Waals surface area contributed by atoms with Crippen molar-refractivity contribution in [2.75, 3.05) is 0 Å². The largest absolute Gasteiger partial charge is 0.392 e. The second-order valence-electron chi connectivity index (χ2n) is 4.79. The third-order valence-electron chi connectivity index (χ3n) is 3.99. The molecule has 1 aromatic carbocycles. The average molecular weight is 246 g/mol. The van der Waals surface area contributed by atoms with Crippen molar-refractivity contribution in [3.63, 3.8) is 0 Å². The summed E-state index contributed by atoms with van der Waals surface area (Å²) in [6, 6.07) is 0. The van der Waals surface area contributed by atoms with Gasteiger partial charge in [-0.15, -0.1) is 0 Å². The molecule has 2 aliphatic carbocycles. The van der Waals surface area contributed by atoms with E-state index in [1.165, 1.54) is 0 Å². The Labute approximate surface area is 95.1 Å². The number of aliphatic hydroxyl groups is 1. The number of rotatable bonds is 0. The number of benzene rings is 1. The molecule has 0 radical (unpaired) electrons. The zero-order chi connectivity index (χ0) is 12.3. The van der Waals surface area contributed by atoms with Gasteiger partial charge in [-0.05, 0) is 30.7 Å². The molecular weight excluding hydrogens is 236 g/mol. The summed E-state index contributed by atoms with van der Waals surface area (Å²) in [5, 5.41) is 9.83. The summed E-state index contributed by atoms with van der Waals surface area (Å²) >= 11 is 0. The van der Waals surface area contributed by atoms with Crippen molar-refractivity contribution in [1.82, 2.24) is 0 Å². The number of halogens is 4. The summed E-state index contributed by atoms with van der Waals surface area (Å²) in [6.07, 6.45) is 0.414. The smallest absolute Gasteiger partial charge is 0.197 e. The van der Waals surface area contributed by atoms with Gasteiger partial charge in [0.15, 0.2) is 23.3 Å². The first kappa shape index (κ1) is 11.0. The molecule has 0 saturated heterocycles. The van der Waals surface area contributed by atoms with Crippen LogP contribution < -0.4 is 0 Å². The van der Waals surface area contributed by atoms with Gasteiger partial charge in [0.1, 0.15) is 0 Å². The fourth-order valence-electron chi connectivity index (χ4n) is 3.14. The monoisotopic (exact) mass is 246 g/mol. The third-order valence-corrected chi connectivity index (χ3v) is 3.99. The Hall–Kier alpha value is -1.10. The van der Waals surface area contributed by atoms with Gasteiger partial charge in [0, 0.05) is 11.5 Å². The number of aliphatic hydroxyl groups excluding tert-OH is 1. The lowest BCUT2D eigenvalue weighted by atomic mass is 9.80. The molecule has 0 aliphatic heterocycles. The SMILES string of the molecule is OC1C2CCC1c1c(F)c(F)c(F)c(F)c1C2. The Morgan fingerprint density at radius 1 is 0.882 bits per heavy atom. The zero-order valence-electron chi connectivity index (χ0n) is 8.81. The molecule has 1 aromatic rings. The van der Waals surface area contributed by atoms with Crippen molar-refractivity contribution < 1.29 is 22.7 Å². The standard InChI is InChI=1S/C12H10F4O/c13-8-6-3-4-1-2-5(12(4)17)7(6)9(14)11(16)10(8)15/h4-5,12,17H,1-3H2. The maximum atomic E-state index is 13.7. The predicted molar refractivity (Wildman–Crippen MR) is 51.4 cm³/mol. The minimum absolute atomic E-state index is 0.0763. The molecule has 1 fully saturated rings. The van der Waals surface area contributed by atoms with Crippen LogP contribution in [0.1, 0.15) is 29.9 Å². The van der Waals surface area contributed by atoms with E-state index in [9.17, 15) is 22.7 Å². The first-order valence-corrected chi connectivity index (χ1v) is 5.55. The van der Waals surface area contributed by atoms with Gasteiger partial charge in [-0.3, -0.25) is 0 Å². The van der Waals surface area contributed by atoms with E-state index in [4.69, 9.17) is 0 Å². The van der Waals surface area contributed by atoms with Gasteiger partial charge in [0.25, 0.3) is 0 Å². The lowest BCUT2D eigenvalue weighted by Crippen LogP contribution is -2.30. The maximum Gasteiger partial charge on any atom is 0.197 e. The summed E-state index contributed by atoms with van der Waals surface area (Å²) in [5.41, 5.74) is -0.262. The normalized spacial score (nSPS) is 30.5. The van der Waals surface area contributed by atoms with Crippen LogP contribution in [0, 0.1) is 29.2 Å². The molecule has 92 valence electrons. The Morgan fingerprint density at radius 2 is 1.53 bits per heavy atom. The van der Waals surface area contributed by atoms with E-state index in [2.05, 4.69) is 0 Å². The summed E-state index contributed by atoms with van der Waals surface area (Å²) < 4.78 is 53.5. The summed E-state index contributed by atoms with van der Waals surface area (Å²) in [5.74, 6) is -6.96. The van der Waals surface area contributed by atoms with Crippen molar-refractivity contribution >= 4 is 0 Å². The Balaban J connectivity index is 2.29. The van der Waals surface area contributed by atoms with Crippen LogP contribution in [-0.2, 0) is 6.42 Å². The van der Waals surface area contributed by atoms with Gasteiger partial charge in [-0.25, -0.2) is 17.6 Å². The van der Waals surface area contributed by atoms with Crippen LogP contribution in [-0.4, -0.2) is 11.2 Å². The lowest BCUT2D eigenvalue weighted by Gasteiger charge is -2.29. The van der Waals surface area contributed by atoms with Crippen molar-refractivity contribution in [3.8, 4) is 0 Å². The number of fused-ring (bicyclic) bond motifs is 4. The molecule has 0 spiro atoms. The first-order valence-electron chi connectivity index (χ1n) is 5.55. The Bertz CT molecular complexity index is 500. The quantitative estimate of drug-likeness (QED) is 0.424. The summed E-state index contributed by atoms with van der Waals surface area (Å²) in [7, 11) is 0. The van der Waals surface area contributed by atoms with Crippen LogP contribution in [0.3, 0.4) is 0 Å². The van der Waals surface area contributed by atoms with Crippen molar-refractivity contribution in [1.29, 1.82) is 0 Å². The van der Waals surface area contributed by atoms with Gasteiger partial charge < -0.3 is 5.11 Å². The predicted octanol–water partition coefficient (Wildman–Crippen LogP) is 2.65. The van der Waals surface area contributed by atoms with Gasteiger partial charge >= 0.3 is 0 Å². The van der Waals surface area contributed by atoms with Crippen molar-refractivity contribution in [3.05, 3.63) is 34.4 Å². The molecule has 3 atom stereocenters. The molecule has 1 saturated carbocycles. The van der Waals surface area contributed by atoms with E-state index < -0.39 is 35.3 Å². The van der Waals surface area contributed by atoms with E-state index in [1.54, 1.807) is 0 Å². The molecule has 2 bridgehead atoms. The van der Waals surface area contributed by atoms with Crippen LogP contribution >= 0.6 is 0 Å². The van der Waals surface area contributed by atoms with E-state index in [1.807, 2.05) is 0 Å². The number of hydrogen-bond donors (Lipinski definition) is 1. The van der Waals surface area contributed by atoms with Crippen LogP contribution in [0.4, 0.5) is 17.6 Å². The third kappa shape index (κ3) is 1.29. The first-order chi connectivity index (χ1) is 8.02. The molecule has 0 heterocycles. The molecule has 5 heteroatoms. The van der Waals surface area contributed by atoms with E-state index in [0.717, 1.165) is 0 Å². The molecule has 17 heavy (non-hydrogen) atoms. The molecule has 0 aromatic heterocycles. The molecule has 1 N–H and O–H groups in total. The van der Waals surface area contributed by atoms with Gasteiger partial charge in [0.2, 0.25) is 0 Å². The van der Waals surface area contributed by atoms with Crippen LogP contribution in [0.2, 0.25) is 0 Å². The fraction of sp³-hybridized carbons (Fsp3) is 0.500. The lowest BCUT2D eigenvalue weighted by molar-refractivity contribution is 0.105. The van der Waals surface area contributed by atoms with Gasteiger partial charge in [0.05, 0.1) is 6.10 Å². The van der Waals surface area contributed by atoms with E-state index >= 15 is 0 Å². The second-order valence-corrected chi connectivity index (χ2v) is 4.79. The Kier molecular flexibility index (Phi) is 2.23. The molecular formula is C12H10F4O. The minimum atomic E-state index is -1.78. The highest BCUT2D eigenvalue weighted by Gasteiger charge is 2.45. The minimum Gasteiger partial charge on any atom is -0.392 e. The molecule has 3 unspecified atom stereocenters. The number of hydrogen-bond acceptors (Lipinski definition) is 1. The molecule has 2 aliphatic rings. The summed E-state index contributed by atoms with van der Waals surface area (Å²) in [6.45, 7) is 0. The van der Waals surface area contributed by atoms with Crippen molar-refractivity contribution in [2.24, 2.45) is 5.92 Å². The van der Waals surface area contributed by atoms with Crippen LogP contribution in [0.5, 0.6) is 0 Å². The fourth-order valence-corrected chi connectivity index (χ4v) is 3.14. The highest BCUT2D eigenvalue weighted by atomic mass is 19.2. The van der Waals surface area contributed by atoms with Gasteiger partial charge in [-0.2, -0.15) is 0 Å². The van der Waals surface area contributed by atoms with E-state index in [0.29, 0.717) is 12.8 Å². The second kappa shape index (κ2) is 3.45. The Morgan fingerprint density at radius 3 is 2.24 bits per heavy atom. The highest BCUT2D eigenvalue weighted by Crippen LogP contribution is 2.48. The summed E-state index contributed by atoms with van der Waals surface area (Å²) in [4.78, 5) is 0. The highest BCUT2D eigenvalue weighted by molar-refractivity contribution is 5.40. The van der Waals surface area contributed by atoms with Crippen molar-refractivity contribution in [2.45, 2.75) is 31.3 Å². The maximum absolute atomic E-state index is 13.7. The molecule has 1 nitrogen and oxygen atoms in total. The van der Waals surface area contributed by atoms with Crippen LogP contribution in [0.25, 0.3) is 0 Å². The topological polar surface area (TPSA) is 20.2 Å². The van der Waals surface area contributed by atoms with Crippen LogP contribution in [0.15, 0.2) is 0 Å². The van der Waals surface area contributed by atoms with Gasteiger partial charge in [-0.1, -0.05) is 0 Å². The molecule has 0 amide bonds. The van der Waals surface area contributed by atoms with E-state index in [-0.39, 0.29) is 23.5 Å². The zero-order valence-corrected chi connectivity index (χ0v) is 8.81. The molecule has 3 rings (SSSR count).